The van der Waals surface area contributed by atoms with Gasteiger partial charge in [0.1, 0.15) is 19.3 Å². The molecule has 0 spiro atoms. The number of rotatable bonds is 10. The Kier molecular flexibility index (Phi) is 10.1. The predicted molar refractivity (Wildman–Crippen MR) is 79.3 cm³/mol. The van der Waals surface area contributed by atoms with Gasteiger partial charge in [0.2, 0.25) is 0 Å². The Balaban J connectivity index is 5.14. The molecule has 8 nitrogen and oxygen atoms in total. The third-order valence-electron chi connectivity index (χ3n) is 2.57. The first kappa shape index (κ1) is 19.7. The fourth-order valence-electron chi connectivity index (χ4n) is 1.57. The minimum atomic E-state index is -1.39. The number of nitrogens with zero attached hydrogens (tertiary/aromatic N) is 1. The van der Waals surface area contributed by atoms with Gasteiger partial charge in [-0.15, -0.1) is 0 Å². The Labute approximate surface area is 129 Å². The van der Waals surface area contributed by atoms with Gasteiger partial charge in [0, 0.05) is 0 Å². The van der Waals surface area contributed by atoms with Crippen LogP contribution in [0.1, 0.15) is 19.3 Å². The van der Waals surface area contributed by atoms with E-state index in [2.05, 4.69) is 13.2 Å². The quantitative estimate of drug-likeness (QED) is 0.463. The summed E-state index contributed by atoms with van der Waals surface area (Å²) in [4.78, 5) is 35.7. The zero-order chi connectivity index (χ0) is 17.0. The maximum absolute atomic E-state index is 11.9. The van der Waals surface area contributed by atoms with Crippen molar-refractivity contribution in [2.24, 2.45) is 5.73 Å². The second kappa shape index (κ2) is 11.3. The maximum Gasteiger partial charge on any atom is 0.420 e. The number of hydrogen-bond donors (Lipinski definition) is 2. The number of carboxylic acid groups (broad SMARTS) is 1. The number of unbranched alkanes of at least 4 members (excludes halogenated alkanes) is 1. The molecule has 0 saturated heterocycles. The summed E-state index contributed by atoms with van der Waals surface area (Å²) in [6, 6.07) is -1.39. The molecule has 0 aliphatic heterocycles. The molecule has 2 amide bonds. The molecule has 0 heterocycles. The van der Waals surface area contributed by atoms with Gasteiger partial charge >= 0.3 is 18.2 Å². The van der Waals surface area contributed by atoms with Gasteiger partial charge in [-0.2, -0.15) is 4.90 Å². The Morgan fingerprint density at radius 3 is 1.95 bits per heavy atom. The highest BCUT2D eigenvalue weighted by Crippen LogP contribution is 2.13. The lowest BCUT2D eigenvalue weighted by Gasteiger charge is -2.25. The van der Waals surface area contributed by atoms with Crippen LogP contribution in [0.2, 0.25) is 0 Å². The molecule has 0 aromatic rings. The van der Waals surface area contributed by atoms with Crippen molar-refractivity contribution in [3.05, 3.63) is 25.3 Å². The molecule has 0 aliphatic carbocycles. The summed E-state index contributed by atoms with van der Waals surface area (Å²) >= 11 is 0. The number of carbonyl (C=O) groups is 3. The van der Waals surface area contributed by atoms with Crippen molar-refractivity contribution in [1.29, 1.82) is 0 Å². The van der Waals surface area contributed by atoms with Crippen LogP contribution in [0.15, 0.2) is 25.3 Å². The minimum Gasteiger partial charge on any atom is -0.480 e. The molecule has 1 atom stereocenters. The number of nitrogens with two attached hydrogens (primary N) is 1. The lowest BCUT2D eigenvalue weighted by Crippen LogP contribution is -2.49. The molecular formula is C14H22N2O6. The molecule has 22 heavy (non-hydrogen) atoms. The van der Waals surface area contributed by atoms with Crippen molar-refractivity contribution in [3.63, 3.8) is 0 Å². The van der Waals surface area contributed by atoms with Gasteiger partial charge in [-0.3, -0.25) is 0 Å². The van der Waals surface area contributed by atoms with Gasteiger partial charge in [0.15, 0.2) is 0 Å². The number of imide groups is 1. The first-order valence-corrected chi connectivity index (χ1v) is 6.77. The second-order valence-electron chi connectivity index (χ2n) is 4.24. The van der Waals surface area contributed by atoms with Gasteiger partial charge in [0.05, 0.1) is 0 Å². The van der Waals surface area contributed by atoms with E-state index < -0.39 is 24.2 Å². The summed E-state index contributed by atoms with van der Waals surface area (Å²) in [5, 5.41) is 9.26. The number of ether oxygens (including phenoxy) is 2. The molecule has 124 valence electrons. The summed E-state index contributed by atoms with van der Waals surface area (Å²) in [5.41, 5.74) is 5.35. The van der Waals surface area contributed by atoms with Crippen molar-refractivity contribution in [1.82, 2.24) is 4.90 Å². The van der Waals surface area contributed by atoms with Crippen molar-refractivity contribution in [3.8, 4) is 0 Å². The van der Waals surface area contributed by atoms with Gasteiger partial charge in [-0.25, -0.2) is 14.4 Å². The van der Waals surface area contributed by atoms with E-state index in [1.807, 2.05) is 0 Å². The van der Waals surface area contributed by atoms with E-state index in [0.29, 0.717) is 24.3 Å². The monoisotopic (exact) mass is 314 g/mol. The van der Waals surface area contributed by atoms with Crippen LogP contribution in [-0.4, -0.2) is 54.0 Å². The molecule has 8 heteroatoms. The fraction of sp³-hybridized carbons (Fsp3) is 0.500. The number of carboxylic acids is 1. The van der Waals surface area contributed by atoms with E-state index in [1.54, 1.807) is 0 Å². The van der Waals surface area contributed by atoms with Crippen LogP contribution in [0, 0.1) is 0 Å². The van der Waals surface area contributed by atoms with Crippen LogP contribution in [0.25, 0.3) is 0 Å². The van der Waals surface area contributed by atoms with Crippen LogP contribution in [0.3, 0.4) is 0 Å². The zero-order valence-electron chi connectivity index (χ0n) is 12.4. The van der Waals surface area contributed by atoms with Gasteiger partial charge < -0.3 is 20.3 Å². The topological polar surface area (TPSA) is 119 Å². The van der Waals surface area contributed by atoms with Crippen LogP contribution in [0.5, 0.6) is 0 Å². The number of aliphatic carboxylic acids is 1. The molecular weight excluding hydrogens is 292 g/mol. The Morgan fingerprint density at radius 1 is 1.09 bits per heavy atom. The molecule has 0 radical (unpaired) electrons. The summed E-state index contributed by atoms with van der Waals surface area (Å²) in [7, 11) is 0. The molecule has 0 bridgehead atoms. The lowest BCUT2D eigenvalue weighted by molar-refractivity contribution is -0.142. The zero-order valence-corrected chi connectivity index (χ0v) is 12.4. The standard InChI is InChI=1S/C14H22N2O6/c1-3-9-21-13(19)16(14(20)22-10-4-2)11(12(17)18)7-5-6-8-15/h3-4,11H,1-2,5-10,15H2,(H,17,18). The van der Waals surface area contributed by atoms with Gasteiger partial charge in [-0.05, 0) is 25.8 Å². The van der Waals surface area contributed by atoms with Crippen LogP contribution >= 0.6 is 0 Å². The van der Waals surface area contributed by atoms with Crippen molar-refractivity contribution < 1.29 is 29.0 Å². The highest BCUT2D eigenvalue weighted by Gasteiger charge is 2.36. The summed E-state index contributed by atoms with van der Waals surface area (Å²) in [5.74, 6) is -1.33. The van der Waals surface area contributed by atoms with Gasteiger partial charge in [-0.1, -0.05) is 25.3 Å². The molecule has 0 aromatic heterocycles. The Bertz CT molecular complexity index is 386. The van der Waals surface area contributed by atoms with E-state index in [4.69, 9.17) is 15.2 Å². The summed E-state index contributed by atoms with van der Waals surface area (Å²) in [6.45, 7) is 6.82. The minimum absolute atomic E-state index is 0.0545. The van der Waals surface area contributed by atoms with E-state index in [1.165, 1.54) is 12.2 Å². The van der Waals surface area contributed by atoms with E-state index in [0.717, 1.165) is 0 Å². The fourth-order valence-corrected chi connectivity index (χ4v) is 1.57. The average Bonchev–Trinajstić information content (AvgIpc) is 2.49. The van der Waals surface area contributed by atoms with Crippen molar-refractivity contribution in [2.75, 3.05) is 19.8 Å². The normalized spacial score (nSPS) is 11.1. The van der Waals surface area contributed by atoms with Crippen LogP contribution in [-0.2, 0) is 14.3 Å². The van der Waals surface area contributed by atoms with Crippen molar-refractivity contribution >= 4 is 18.2 Å². The highest BCUT2D eigenvalue weighted by molar-refractivity contribution is 5.93. The van der Waals surface area contributed by atoms with Crippen LogP contribution < -0.4 is 5.73 Å². The first-order valence-electron chi connectivity index (χ1n) is 6.77. The smallest absolute Gasteiger partial charge is 0.420 e. The first-order chi connectivity index (χ1) is 10.5. The highest BCUT2D eigenvalue weighted by atomic mass is 16.6. The van der Waals surface area contributed by atoms with E-state index >= 15 is 0 Å². The average molecular weight is 314 g/mol. The molecule has 0 fully saturated rings. The molecule has 0 aliphatic rings. The third kappa shape index (κ3) is 6.89. The van der Waals surface area contributed by atoms with Crippen LogP contribution in [0.4, 0.5) is 9.59 Å². The largest absolute Gasteiger partial charge is 0.480 e. The Morgan fingerprint density at radius 2 is 1.59 bits per heavy atom. The van der Waals surface area contributed by atoms with E-state index in [9.17, 15) is 19.5 Å². The SMILES string of the molecule is C=CCOC(=O)N(C(=O)OCC=C)C(CCCCN)C(=O)O. The maximum atomic E-state index is 11.9. The third-order valence-corrected chi connectivity index (χ3v) is 2.57. The number of amides is 2. The van der Waals surface area contributed by atoms with Gasteiger partial charge in [0.25, 0.3) is 0 Å². The summed E-state index contributed by atoms with van der Waals surface area (Å²) < 4.78 is 9.49. The molecule has 1 unspecified atom stereocenters. The number of hydrogen-bond acceptors (Lipinski definition) is 6. The van der Waals surface area contributed by atoms with E-state index in [-0.39, 0.29) is 19.6 Å². The lowest BCUT2D eigenvalue weighted by atomic mass is 10.1. The predicted octanol–water partition coefficient (Wildman–Crippen LogP) is 1.52. The number of carbonyl (C=O) groups excluding carboxylic acids is 2. The molecule has 0 rings (SSSR count). The molecule has 3 N–H and O–H groups in total. The summed E-state index contributed by atoms with van der Waals surface area (Å²) in [6.07, 6.45) is 1.46. The Hall–Kier alpha value is -2.35. The second-order valence-corrected chi connectivity index (χ2v) is 4.24. The molecule has 0 aromatic carbocycles. The van der Waals surface area contributed by atoms with Crippen molar-refractivity contribution in [2.45, 2.75) is 25.3 Å². The molecule has 0 saturated carbocycles.